The number of aliphatic hydroxyl groups is 1. The summed E-state index contributed by atoms with van der Waals surface area (Å²) in [5, 5.41) is 9.48. The van der Waals surface area contributed by atoms with Gasteiger partial charge in [-0.3, -0.25) is 0 Å². The van der Waals surface area contributed by atoms with Gasteiger partial charge in [-0.1, -0.05) is 6.07 Å². The van der Waals surface area contributed by atoms with E-state index in [1.54, 1.807) is 26.0 Å². The summed E-state index contributed by atoms with van der Waals surface area (Å²) >= 11 is 0. The average molecular weight is 284 g/mol. The minimum Gasteiger partial charge on any atom is -0.398 e. The molecule has 0 amide bonds. The molecule has 0 aromatic heterocycles. The molecule has 6 heteroatoms. The lowest BCUT2D eigenvalue weighted by molar-refractivity contribution is 0.113. The highest BCUT2D eigenvalue weighted by molar-refractivity contribution is 7.89. The van der Waals surface area contributed by atoms with E-state index in [4.69, 9.17) is 5.73 Å². The van der Waals surface area contributed by atoms with Crippen molar-refractivity contribution in [3.63, 3.8) is 0 Å². The lowest BCUT2D eigenvalue weighted by Gasteiger charge is -2.30. The van der Waals surface area contributed by atoms with Crippen LogP contribution in [-0.2, 0) is 10.0 Å². The van der Waals surface area contributed by atoms with E-state index in [0.717, 1.165) is 0 Å². The Bertz CT molecular complexity index is 576. The Balaban J connectivity index is 2.43. The molecule has 5 nitrogen and oxygen atoms in total. The highest BCUT2D eigenvalue weighted by atomic mass is 32.2. The molecule has 19 heavy (non-hydrogen) atoms. The number of aliphatic hydroxyl groups excluding tert-OH is 1. The maximum atomic E-state index is 12.7. The predicted molar refractivity (Wildman–Crippen MR) is 74.3 cm³/mol. The van der Waals surface area contributed by atoms with Gasteiger partial charge in [0.05, 0.1) is 11.0 Å². The number of sulfonamides is 1. The van der Waals surface area contributed by atoms with E-state index < -0.39 is 16.1 Å². The molecule has 1 heterocycles. The molecule has 1 aromatic carbocycles. The number of anilines is 1. The Morgan fingerprint density at radius 3 is 2.42 bits per heavy atom. The van der Waals surface area contributed by atoms with Crippen LogP contribution in [0.5, 0.6) is 0 Å². The van der Waals surface area contributed by atoms with Gasteiger partial charge in [-0.25, -0.2) is 8.42 Å². The maximum Gasteiger partial charge on any atom is 0.243 e. The molecule has 1 aliphatic heterocycles. The number of rotatable bonds is 2. The van der Waals surface area contributed by atoms with Crippen molar-refractivity contribution in [2.75, 3.05) is 18.8 Å². The second-order valence-corrected chi connectivity index (χ2v) is 6.94. The van der Waals surface area contributed by atoms with Crippen LogP contribution in [0.1, 0.15) is 24.0 Å². The van der Waals surface area contributed by atoms with Gasteiger partial charge in [-0.05, 0) is 43.9 Å². The van der Waals surface area contributed by atoms with E-state index in [1.165, 1.54) is 4.31 Å². The van der Waals surface area contributed by atoms with Crippen LogP contribution in [0.2, 0.25) is 0 Å². The van der Waals surface area contributed by atoms with Gasteiger partial charge in [-0.2, -0.15) is 4.31 Å². The smallest absolute Gasteiger partial charge is 0.243 e. The second-order valence-electron chi connectivity index (χ2n) is 5.06. The highest BCUT2D eigenvalue weighted by Crippen LogP contribution is 2.29. The first-order chi connectivity index (χ1) is 8.84. The zero-order chi connectivity index (χ0) is 14.2. The fraction of sp³-hybridized carbons (Fsp3) is 0.538. The van der Waals surface area contributed by atoms with Crippen molar-refractivity contribution < 1.29 is 13.5 Å². The Kier molecular flexibility index (Phi) is 3.85. The normalized spacial score (nSPS) is 18.7. The molecule has 1 aromatic rings. The molecular weight excluding hydrogens is 264 g/mol. The Labute approximate surface area is 114 Å². The number of nitrogens with two attached hydrogens (primary N) is 1. The fourth-order valence-corrected chi connectivity index (χ4v) is 4.38. The van der Waals surface area contributed by atoms with Crippen LogP contribution >= 0.6 is 0 Å². The van der Waals surface area contributed by atoms with Crippen LogP contribution in [0.3, 0.4) is 0 Å². The molecule has 0 atom stereocenters. The van der Waals surface area contributed by atoms with E-state index in [1.807, 2.05) is 0 Å². The van der Waals surface area contributed by atoms with Crippen molar-refractivity contribution in [1.29, 1.82) is 0 Å². The summed E-state index contributed by atoms with van der Waals surface area (Å²) in [6.45, 7) is 4.22. The van der Waals surface area contributed by atoms with Crippen molar-refractivity contribution in [2.24, 2.45) is 0 Å². The quantitative estimate of drug-likeness (QED) is 0.795. The lowest BCUT2D eigenvalue weighted by Crippen LogP contribution is -2.40. The van der Waals surface area contributed by atoms with Crippen LogP contribution in [-0.4, -0.2) is 37.0 Å². The minimum absolute atomic E-state index is 0.309. The number of hydrogen-bond donors (Lipinski definition) is 2. The first-order valence-corrected chi connectivity index (χ1v) is 7.82. The SMILES string of the molecule is Cc1ccc(N)c(C)c1S(=O)(=O)N1CCC(O)CC1. The molecular formula is C13H20N2O3S. The molecule has 0 saturated carbocycles. The highest BCUT2D eigenvalue weighted by Gasteiger charge is 2.31. The molecule has 2 rings (SSSR count). The molecule has 3 N–H and O–H groups in total. The number of nitrogens with zero attached hydrogens (tertiary/aromatic N) is 1. The molecule has 0 spiro atoms. The summed E-state index contributed by atoms with van der Waals surface area (Å²) in [5.74, 6) is 0. The number of nitrogen functional groups attached to an aromatic ring is 1. The van der Waals surface area contributed by atoms with E-state index in [2.05, 4.69) is 0 Å². The monoisotopic (exact) mass is 284 g/mol. The molecule has 0 aliphatic carbocycles. The van der Waals surface area contributed by atoms with Crippen molar-refractivity contribution in [3.05, 3.63) is 23.3 Å². The van der Waals surface area contributed by atoms with Crippen molar-refractivity contribution >= 4 is 15.7 Å². The average Bonchev–Trinajstić information content (AvgIpc) is 2.34. The third-order valence-electron chi connectivity index (χ3n) is 3.67. The topological polar surface area (TPSA) is 83.6 Å². The zero-order valence-electron chi connectivity index (χ0n) is 11.3. The first-order valence-electron chi connectivity index (χ1n) is 6.38. The molecule has 0 unspecified atom stereocenters. The molecule has 1 aliphatic rings. The Morgan fingerprint density at radius 2 is 1.84 bits per heavy atom. The number of piperidine rings is 1. The second kappa shape index (κ2) is 5.11. The van der Waals surface area contributed by atoms with E-state index in [9.17, 15) is 13.5 Å². The number of aryl methyl sites for hydroxylation is 1. The zero-order valence-corrected chi connectivity index (χ0v) is 12.1. The third kappa shape index (κ3) is 2.61. The summed E-state index contributed by atoms with van der Waals surface area (Å²) in [6.07, 6.45) is 0.578. The van der Waals surface area contributed by atoms with Crippen LogP contribution in [0.15, 0.2) is 17.0 Å². The standard InChI is InChI=1S/C13H20N2O3S/c1-9-3-4-12(14)10(2)13(9)19(17,18)15-7-5-11(16)6-8-15/h3-4,11,16H,5-8,14H2,1-2H3. The van der Waals surface area contributed by atoms with Crippen molar-refractivity contribution in [3.8, 4) is 0 Å². The van der Waals surface area contributed by atoms with Gasteiger partial charge >= 0.3 is 0 Å². The molecule has 106 valence electrons. The molecule has 1 fully saturated rings. The van der Waals surface area contributed by atoms with E-state index in [-0.39, 0.29) is 0 Å². The van der Waals surface area contributed by atoms with Gasteiger partial charge in [0.2, 0.25) is 10.0 Å². The van der Waals surface area contributed by atoms with Crippen LogP contribution in [0.4, 0.5) is 5.69 Å². The summed E-state index contributed by atoms with van der Waals surface area (Å²) in [6, 6.07) is 3.46. The summed E-state index contributed by atoms with van der Waals surface area (Å²) in [4.78, 5) is 0.309. The predicted octanol–water partition coefficient (Wildman–Crippen LogP) is 1.03. The van der Waals surface area contributed by atoms with Crippen LogP contribution in [0, 0.1) is 13.8 Å². The first kappa shape index (κ1) is 14.3. The molecule has 0 bridgehead atoms. The van der Waals surface area contributed by atoms with Crippen molar-refractivity contribution in [2.45, 2.75) is 37.7 Å². The number of benzene rings is 1. The van der Waals surface area contributed by atoms with Gasteiger partial charge in [0.15, 0.2) is 0 Å². The van der Waals surface area contributed by atoms with E-state index >= 15 is 0 Å². The van der Waals surface area contributed by atoms with Gasteiger partial charge < -0.3 is 10.8 Å². The summed E-state index contributed by atoms with van der Waals surface area (Å²) < 4.78 is 26.8. The largest absolute Gasteiger partial charge is 0.398 e. The van der Waals surface area contributed by atoms with Gasteiger partial charge in [-0.15, -0.1) is 0 Å². The lowest BCUT2D eigenvalue weighted by atomic mass is 10.1. The van der Waals surface area contributed by atoms with Crippen LogP contribution < -0.4 is 5.73 Å². The summed E-state index contributed by atoms with van der Waals surface area (Å²) in [5.41, 5.74) is 7.61. The van der Waals surface area contributed by atoms with Gasteiger partial charge in [0.25, 0.3) is 0 Å². The minimum atomic E-state index is -3.53. The van der Waals surface area contributed by atoms with E-state index in [0.29, 0.717) is 47.6 Å². The Hall–Kier alpha value is -1.11. The molecule has 0 radical (unpaired) electrons. The maximum absolute atomic E-state index is 12.7. The van der Waals surface area contributed by atoms with Gasteiger partial charge in [0.1, 0.15) is 0 Å². The van der Waals surface area contributed by atoms with Crippen LogP contribution in [0.25, 0.3) is 0 Å². The van der Waals surface area contributed by atoms with Gasteiger partial charge in [0, 0.05) is 18.8 Å². The fourth-order valence-electron chi connectivity index (χ4n) is 2.45. The van der Waals surface area contributed by atoms with Crippen molar-refractivity contribution in [1.82, 2.24) is 4.31 Å². The third-order valence-corrected chi connectivity index (χ3v) is 5.86. The molecule has 1 saturated heterocycles. The Morgan fingerprint density at radius 1 is 1.26 bits per heavy atom. The summed E-state index contributed by atoms with van der Waals surface area (Å²) in [7, 11) is -3.53. The number of hydrogen-bond acceptors (Lipinski definition) is 4.